The molecule has 0 spiro atoms. The highest BCUT2D eigenvalue weighted by Crippen LogP contribution is 2.08. The van der Waals surface area contributed by atoms with Crippen LogP contribution in [0.1, 0.15) is 27.7 Å². The molecule has 0 bridgehead atoms. The van der Waals surface area contributed by atoms with E-state index in [1.54, 1.807) is 19.9 Å². The van der Waals surface area contributed by atoms with E-state index in [9.17, 15) is 15.0 Å². The smallest absolute Gasteiger partial charge is 0.333 e. The molecule has 0 aliphatic carbocycles. The van der Waals surface area contributed by atoms with Crippen LogP contribution in [-0.2, 0) is 9.53 Å². The minimum absolute atomic E-state index is 0.455. The maximum atomic E-state index is 11.3. The Kier molecular flexibility index (Phi) is 5.42. The maximum Gasteiger partial charge on any atom is 0.333 e. The lowest BCUT2D eigenvalue weighted by Crippen LogP contribution is -2.38. The second-order valence-corrected chi connectivity index (χ2v) is 3.32. The van der Waals surface area contributed by atoms with Crippen molar-refractivity contribution in [3.63, 3.8) is 0 Å². The lowest BCUT2D eigenvalue weighted by atomic mass is 10.1. The Labute approximate surface area is 84.2 Å². The molecule has 2 unspecified atom stereocenters. The van der Waals surface area contributed by atoms with E-state index in [2.05, 4.69) is 0 Å². The molecular weight excluding hydrogens is 184 g/mol. The number of allylic oxidation sites excluding steroid dienone is 1. The van der Waals surface area contributed by atoms with Gasteiger partial charge in [0.2, 0.25) is 0 Å². The number of carbonyl (C=O) groups is 1. The average Bonchev–Trinajstić information content (AvgIpc) is 2.11. The molecule has 0 aromatic rings. The van der Waals surface area contributed by atoms with Crippen molar-refractivity contribution in [3.8, 4) is 0 Å². The zero-order chi connectivity index (χ0) is 11.3. The lowest BCUT2D eigenvalue weighted by molar-refractivity contribution is -0.157. The van der Waals surface area contributed by atoms with Crippen LogP contribution >= 0.6 is 0 Å². The van der Waals surface area contributed by atoms with Crippen LogP contribution in [-0.4, -0.2) is 34.5 Å². The quantitative estimate of drug-likeness (QED) is 0.518. The van der Waals surface area contributed by atoms with E-state index in [1.807, 2.05) is 0 Å². The highest BCUT2D eigenvalue weighted by Gasteiger charge is 2.25. The zero-order valence-corrected chi connectivity index (χ0v) is 9.02. The molecule has 0 amide bonds. The van der Waals surface area contributed by atoms with Gasteiger partial charge < -0.3 is 14.9 Å². The van der Waals surface area contributed by atoms with Gasteiger partial charge in [-0.05, 0) is 27.7 Å². The average molecular weight is 202 g/mol. The largest absolute Gasteiger partial charge is 0.454 e. The van der Waals surface area contributed by atoms with Crippen molar-refractivity contribution in [2.45, 2.75) is 46.0 Å². The Morgan fingerprint density at radius 3 is 2.00 bits per heavy atom. The van der Waals surface area contributed by atoms with Gasteiger partial charge in [0.05, 0.1) is 12.2 Å². The molecule has 0 aliphatic heterocycles. The third kappa shape index (κ3) is 3.89. The Hall–Kier alpha value is -0.870. The molecule has 0 aromatic carbocycles. The van der Waals surface area contributed by atoms with Crippen molar-refractivity contribution in [1.82, 2.24) is 0 Å². The molecule has 14 heavy (non-hydrogen) atoms. The van der Waals surface area contributed by atoms with Crippen LogP contribution in [0.2, 0.25) is 0 Å². The molecule has 0 saturated carbocycles. The summed E-state index contributed by atoms with van der Waals surface area (Å²) in [5.74, 6) is -0.515. The molecule has 0 aromatic heterocycles. The fourth-order valence-corrected chi connectivity index (χ4v) is 0.934. The van der Waals surface area contributed by atoms with E-state index in [1.165, 1.54) is 13.8 Å². The first-order chi connectivity index (χ1) is 6.40. The molecule has 0 fully saturated rings. The van der Waals surface area contributed by atoms with Crippen molar-refractivity contribution >= 4 is 5.97 Å². The number of rotatable bonds is 4. The van der Waals surface area contributed by atoms with Crippen molar-refractivity contribution < 1.29 is 19.7 Å². The molecule has 2 N–H and O–H groups in total. The monoisotopic (exact) mass is 202 g/mol. The molecule has 0 heterocycles. The van der Waals surface area contributed by atoms with Gasteiger partial charge in [-0.25, -0.2) is 4.79 Å². The van der Waals surface area contributed by atoms with Gasteiger partial charge in [0.25, 0.3) is 0 Å². The number of carbonyl (C=O) groups excluding carboxylic acids is 1. The van der Waals surface area contributed by atoms with E-state index >= 15 is 0 Å². The summed E-state index contributed by atoms with van der Waals surface area (Å²) in [4.78, 5) is 11.3. The SMILES string of the molecule is CC=C(C)C(=O)OC(C(C)O)C(C)O. The summed E-state index contributed by atoms with van der Waals surface area (Å²) in [7, 11) is 0. The van der Waals surface area contributed by atoms with Gasteiger partial charge >= 0.3 is 5.97 Å². The first-order valence-electron chi connectivity index (χ1n) is 4.60. The van der Waals surface area contributed by atoms with Crippen molar-refractivity contribution in [2.75, 3.05) is 0 Å². The first kappa shape index (κ1) is 13.1. The predicted molar refractivity (Wildman–Crippen MR) is 52.7 cm³/mol. The Bertz CT molecular complexity index is 210. The van der Waals surface area contributed by atoms with Gasteiger partial charge in [-0.1, -0.05) is 6.08 Å². The van der Waals surface area contributed by atoms with Gasteiger partial charge in [0.1, 0.15) is 0 Å². The van der Waals surface area contributed by atoms with Gasteiger partial charge in [0, 0.05) is 5.57 Å². The fraction of sp³-hybridized carbons (Fsp3) is 0.700. The maximum absolute atomic E-state index is 11.3. The lowest BCUT2D eigenvalue weighted by Gasteiger charge is -2.22. The molecule has 0 aliphatic rings. The normalized spacial score (nSPS) is 18.6. The van der Waals surface area contributed by atoms with Gasteiger partial charge in [-0.2, -0.15) is 0 Å². The topological polar surface area (TPSA) is 66.8 Å². The molecule has 0 radical (unpaired) electrons. The van der Waals surface area contributed by atoms with E-state index in [-0.39, 0.29) is 0 Å². The summed E-state index contributed by atoms with van der Waals surface area (Å²) < 4.78 is 4.92. The van der Waals surface area contributed by atoms with Crippen molar-refractivity contribution in [1.29, 1.82) is 0 Å². The third-order valence-electron chi connectivity index (χ3n) is 1.95. The highest BCUT2D eigenvalue weighted by molar-refractivity contribution is 5.87. The number of ether oxygens (including phenoxy) is 1. The fourth-order valence-electron chi connectivity index (χ4n) is 0.934. The number of esters is 1. The van der Waals surface area contributed by atoms with Crippen LogP contribution < -0.4 is 0 Å². The van der Waals surface area contributed by atoms with Crippen LogP contribution in [0.4, 0.5) is 0 Å². The molecule has 0 rings (SSSR count). The van der Waals surface area contributed by atoms with Gasteiger partial charge in [-0.15, -0.1) is 0 Å². The minimum atomic E-state index is -0.886. The van der Waals surface area contributed by atoms with Crippen LogP contribution in [0.3, 0.4) is 0 Å². The molecule has 2 atom stereocenters. The standard InChI is InChI=1S/C10H18O4/c1-5-6(2)10(13)14-9(7(3)11)8(4)12/h5,7-9,11-12H,1-4H3. The Morgan fingerprint density at radius 2 is 1.71 bits per heavy atom. The molecule has 4 nitrogen and oxygen atoms in total. The zero-order valence-electron chi connectivity index (χ0n) is 9.02. The second kappa shape index (κ2) is 5.78. The third-order valence-corrected chi connectivity index (χ3v) is 1.95. The van der Waals surface area contributed by atoms with Crippen molar-refractivity contribution in [2.24, 2.45) is 0 Å². The van der Waals surface area contributed by atoms with E-state index in [0.29, 0.717) is 5.57 Å². The minimum Gasteiger partial charge on any atom is -0.454 e. The summed E-state index contributed by atoms with van der Waals surface area (Å²) in [6, 6.07) is 0. The number of aliphatic hydroxyl groups excluding tert-OH is 2. The van der Waals surface area contributed by atoms with Gasteiger partial charge in [-0.3, -0.25) is 0 Å². The van der Waals surface area contributed by atoms with Crippen LogP contribution in [0.5, 0.6) is 0 Å². The highest BCUT2D eigenvalue weighted by atomic mass is 16.6. The van der Waals surface area contributed by atoms with Crippen LogP contribution in [0, 0.1) is 0 Å². The van der Waals surface area contributed by atoms with Crippen LogP contribution in [0.25, 0.3) is 0 Å². The van der Waals surface area contributed by atoms with Crippen molar-refractivity contribution in [3.05, 3.63) is 11.6 Å². The molecular formula is C10H18O4. The summed E-state index contributed by atoms with van der Waals surface area (Å²) in [5.41, 5.74) is 0.455. The summed E-state index contributed by atoms with van der Waals surface area (Å²) in [6.07, 6.45) is -1.03. The van der Waals surface area contributed by atoms with E-state index in [0.717, 1.165) is 0 Å². The summed E-state index contributed by atoms with van der Waals surface area (Å²) >= 11 is 0. The molecule has 4 heteroatoms. The summed E-state index contributed by atoms with van der Waals surface area (Å²) in [5, 5.41) is 18.5. The first-order valence-corrected chi connectivity index (χ1v) is 4.60. The Morgan fingerprint density at radius 1 is 1.29 bits per heavy atom. The Balaban J connectivity index is 4.39. The number of hydrogen-bond donors (Lipinski definition) is 2. The molecule has 0 saturated heterocycles. The number of aliphatic hydroxyl groups is 2. The predicted octanol–water partition coefficient (Wildman–Crippen LogP) is 0.626. The number of hydrogen-bond acceptors (Lipinski definition) is 4. The second-order valence-electron chi connectivity index (χ2n) is 3.32. The van der Waals surface area contributed by atoms with Gasteiger partial charge in [0.15, 0.2) is 6.10 Å². The van der Waals surface area contributed by atoms with Crippen LogP contribution in [0.15, 0.2) is 11.6 Å². The van der Waals surface area contributed by atoms with E-state index in [4.69, 9.17) is 4.74 Å². The van der Waals surface area contributed by atoms with E-state index < -0.39 is 24.3 Å². The summed E-state index contributed by atoms with van der Waals surface area (Å²) in [6.45, 7) is 6.27. The molecule has 82 valence electrons.